The van der Waals surface area contributed by atoms with Crippen LogP contribution in [0, 0.1) is 11.3 Å². The van der Waals surface area contributed by atoms with E-state index in [4.69, 9.17) is 5.73 Å². The zero-order chi connectivity index (χ0) is 17.6. The first kappa shape index (κ1) is 21.5. The summed E-state index contributed by atoms with van der Waals surface area (Å²) in [5, 5.41) is 2.95. The number of para-hydroxylation sites is 1. The Balaban J connectivity index is 0.00000312. The number of halogens is 1. The largest absolute Gasteiger partial charge is 0.341 e. The Morgan fingerprint density at radius 3 is 2.44 bits per heavy atom. The van der Waals surface area contributed by atoms with E-state index in [0.717, 1.165) is 37.9 Å². The number of hydrogen-bond acceptors (Lipinski definition) is 3. The molecular formula is C19H30ClN3O2. The van der Waals surface area contributed by atoms with Crippen molar-refractivity contribution in [1.82, 2.24) is 4.90 Å². The van der Waals surface area contributed by atoms with Crippen molar-refractivity contribution in [3.8, 4) is 0 Å². The molecule has 1 aliphatic rings. The molecular weight excluding hydrogens is 338 g/mol. The van der Waals surface area contributed by atoms with E-state index in [9.17, 15) is 9.59 Å². The molecule has 1 heterocycles. The van der Waals surface area contributed by atoms with E-state index in [2.05, 4.69) is 5.32 Å². The molecule has 1 unspecified atom stereocenters. The standard InChI is InChI=1S/C19H29N3O2.ClH/c1-3-19(4-2,14-20)18(24)22-12-8-9-15(13-22)17(23)21-16-10-6-5-7-11-16;/h5-7,10-11,15H,3-4,8-9,12-14,20H2,1-2H3,(H,21,23);1H. The number of anilines is 1. The minimum Gasteiger partial charge on any atom is -0.341 e. The van der Waals surface area contributed by atoms with E-state index in [1.807, 2.05) is 49.1 Å². The van der Waals surface area contributed by atoms with E-state index < -0.39 is 5.41 Å². The topological polar surface area (TPSA) is 75.4 Å². The Labute approximate surface area is 156 Å². The van der Waals surface area contributed by atoms with Gasteiger partial charge in [-0.05, 0) is 37.8 Å². The maximum absolute atomic E-state index is 13.0. The fraction of sp³-hybridized carbons (Fsp3) is 0.579. The molecule has 140 valence electrons. The number of carbonyl (C=O) groups is 2. The fourth-order valence-corrected chi connectivity index (χ4v) is 3.41. The van der Waals surface area contributed by atoms with Gasteiger partial charge in [-0.1, -0.05) is 32.0 Å². The number of hydrogen-bond donors (Lipinski definition) is 2. The monoisotopic (exact) mass is 367 g/mol. The van der Waals surface area contributed by atoms with Crippen LogP contribution in [0.4, 0.5) is 5.69 Å². The number of nitrogens with two attached hydrogens (primary N) is 1. The molecule has 1 aliphatic heterocycles. The smallest absolute Gasteiger partial charge is 0.230 e. The predicted octanol–water partition coefficient (Wildman–Crippen LogP) is 3.05. The molecule has 3 N–H and O–H groups in total. The van der Waals surface area contributed by atoms with Crippen LogP contribution in [0.15, 0.2) is 30.3 Å². The predicted molar refractivity (Wildman–Crippen MR) is 104 cm³/mol. The molecule has 6 heteroatoms. The minimum absolute atomic E-state index is 0. The van der Waals surface area contributed by atoms with Crippen LogP contribution in [0.25, 0.3) is 0 Å². The SMILES string of the molecule is CCC(CC)(CN)C(=O)N1CCCC(C(=O)Nc2ccccc2)C1.Cl. The average molecular weight is 368 g/mol. The molecule has 1 saturated heterocycles. The van der Waals surface area contributed by atoms with E-state index in [0.29, 0.717) is 13.1 Å². The summed E-state index contributed by atoms with van der Waals surface area (Å²) in [4.78, 5) is 27.3. The highest BCUT2D eigenvalue weighted by Gasteiger charge is 2.39. The molecule has 1 atom stereocenters. The normalized spacial score (nSPS) is 17.6. The van der Waals surface area contributed by atoms with Crippen LogP contribution in [0.5, 0.6) is 0 Å². The van der Waals surface area contributed by atoms with E-state index in [-0.39, 0.29) is 30.1 Å². The number of amides is 2. The average Bonchev–Trinajstić information content (AvgIpc) is 2.64. The lowest BCUT2D eigenvalue weighted by atomic mass is 9.80. The van der Waals surface area contributed by atoms with Crippen LogP contribution in [0.3, 0.4) is 0 Å². The number of benzene rings is 1. The zero-order valence-corrected chi connectivity index (χ0v) is 16.0. The van der Waals surface area contributed by atoms with Crippen molar-refractivity contribution in [2.75, 3.05) is 25.0 Å². The number of carbonyl (C=O) groups excluding carboxylic acids is 2. The van der Waals surface area contributed by atoms with Gasteiger partial charge < -0.3 is 16.0 Å². The van der Waals surface area contributed by atoms with E-state index in [1.54, 1.807) is 0 Å². The molecule has 25 heavy (non-hydrogen) atoms. The molecule has 0 aliphatic carbocycles. The minimum atomic E-state index is -0.488. The lowest BCUT2D eigenvalue weighted by Crippen LogP contribution is -2.52. The first-order chi connectivity index (χ1) is 11.6. The van der Waals surface area contributed by atoms with Gasteiger partial charge in [-0.25, -0.2) is 0 Å². The molecule has 1 aromatic rings. The van der Waals surface area contributed by atoms with Gasteiger partial charge in [0, 0.05) is 25.3 Å². The Kier molecular flexibility index (Phi) is 8.39. The zero-order valence-electron chi connectivity index (χ0n) is 15.2. The van der Waals surface area contributed by atoms with Crippen molar-refractivity contribution in [2.24, 2.45) is 17.1 Å². The fourth-order valence-electron chi connectivity index (χ4n) is 3.41. The summed E-state index contributed by atoms with van der Waals surface area (Å²) in [6, 6.07) is 9.45. The first-order valence-corrected chi connectivity index (χ1v) is 8.91. The summed E-state index contributed by atoms with van der Waals surface area (Å²) in [7, 11) is 0. The highest BCUT2D eigenvalue weighted by Crippen LogP contribution is 2.30. The van der Waals surface area contributed by atoms with Gasteiger partial charge in [-0.3, -0.25) is 9.59 Å². The molecule has 5 nitrogen and oxygen atoms in total. The molecule has 0 bridgehead atoms. The molecule has 1 fully saturated rings. The summed E-state index contributed by atoms with van der Waals surface area (Å²) in [6.45, 7) is 5.58. The van der Waals surface area contributed by atoms with Crippen LogP contribution in [-0.2, 0) is 9.59 Å². The lowest BCUT2D eigenvalue weighted by Gasteiger charge is -2.39. The lowest BCUT2D eigenvalue weighted by molar-refractivity contribution is -0.144. The molecule has 0 radical (unpaired) electrons. The quantitative estimate of drug-likeness (QED) is 0.811. The van der Waals surface area contributed by atoms with Crippen molar-refractivity contribution < 1.29 is 9.59 Å². The Hall–Kier alpha value is -1.59. The maximum Gasteiger partial charge on any atom is 0.230 e. The maximum atomic E-state index is 13.0. The van der Waals surface area contributed by atoms with Gasteiger partial charge in [0.25, 0.3) is 0 Å². The van der Waals surface area contributed by atoms with Gasteiger partial charge in [-0.15, -0.1) is 12.4 Å². The number of nitrogens with one attached hydrogen (secondary N) is 1. The molecule has 0 aromatic heterocycles. The van der Waals surface area contributed by atoms with Crippen molar-refractivity contribution >= 4 is 29.9 Å². The second-order valence-electron chi connectivity index (χ2n) is 6.64. The van der Waals surface area contributed by atoms with Gasteiger partial charge >= 0.3 is 0 Å². The van der Waals surface area contributed by atoms with Crippen molar-refractivity contribution in [3.05, 3.63) is 30.3 Å². The van der Waals surface area contributed by atoms with Gasteiger partial charge in [0.05, 0.1) is 11.3 Å². The number of piperidine rings is 1. The van der Waals surface area contributed by atoms with Crippen LogP contribution in [0.1, 0.15) is 39.5 Å². The van der Waals surface area contributed by atoms with Gasteiger partial charge in [0.2, 0.25) is 11.8 Å². The van der Waals surface area contributed by atoms with Crippen LogP contribution in [0.2, 0.25) is 0 Å². The van der Waals surface area contributed by atoms with E-state index >= 15 is 0 Å². The summed E-state index contributed by atoms with van der Waals surface area (Å²) < 4.78 is 0. The number of nitrogens with zero attached hydrogens (tertiary/aromatic N) is 1. The van der Waals surface area contributed by atoms with Crippen molar-refractivity contribution in [1.29, 1.82) is 0 Å². The molecule has 1 aromatic carbocycles. The third kappa shape index (κ3) is 4.95. The van der Waals surface area contributed by atoms with E-state index in [1.165, 1.54) is 0 Å². The van der Waals surface area contributed by atoms with Crippen molar-refractivity contribution in [3.63, 3.8) is 0 Å². The summed E-state index contributed by atoms with van der Waals surface area (Å²) in [5.41, 5.74) is 6.21. The number of rotatable bonds is 6. The van der Waals surface area contributed by atoms with Crippen molar-refractivity contribution in [2.45, 2.75) is 39.5 Å². The molecule has 0 spiro atoms. The first-order valence-electron chi connectivity index (χ1n) is 8.91. The van der Waals surface area contributed by atoms with Crippen LogP contribution < -0.4 is 11.1 Å². The van der Waals surface area contributed by atoms with Gasteiger partial charge in [-0.2, -0.15) is 0 Å². The highest BCUT2D eigenvalue weighted by atomic mass is 35.5. The van der Waals surface area contributed by atoms with Crippen LogP contribution >= 0.6 is 12.4 Å². The number of likely N-dealkylation sites (tertiary alicyclic amines) is 1. The molecule has 0 saturated carbocycles. The highest BCUT2D eigenvalue weighted by molar-refractivity contribution is 5.93. The van der Waals surface area contributed by atoms with Gasteiger partial charge in [0.15, 0.2) is 0 Å². The van der Waals surface area contributed by atoms with Crippen LogP contribution in [-0.4, -0.2) is 36.3 Å². The second kappa shape index (κ2) is 9.78. The Bertz CT molecular complexity index is 553. The van der Waals surface area contributed by atoms with Gasteiger partial charge in [0.1, 0.15) is 0 Å². The molecule has 2 rings (SSSR count). The Morgan fingerprint density at radius 2 is 1.88 bits per heavy atom. The summed E-state index contributed by atoms with van der Waals surface area (Å²) in [6.07, 6.45) is 3.13. The second-order valence-corrected chi connectivity index (χ2v) is 6.64. The third-order valence-electron chi connectivity index (χ3n) is 5.32. The third-order valence-corrected chi connectivity index (χ3v) is 5.32. The summed E-state index contributed by atoms with van der Waals surface area (Å²) in [5.74, 6) is -0.0654. The Morgan fingerprint density at radius 1 is 1.24 bits per heavy atom. The summed E-state index contributed by atoms with van der Waals surface area (Å²) >= 11 is 0. The molecule has 2 amide bonds.